The topological polar surface area (TPSA) is 156 Å². The van der Waals surface area contributed by atoms with Gasteiger partial charge in [0, 0.05) is 108 Å². The molecule has 0 atom stereocenters. The summed E-state index contributed by atoms with van der Waals surface area (Å²) in [5.41, 5.74) is 2.51. The van der Waals surface area contributed by atoms with Gasteiger partial charge in [-0.2, -0.15) is 31.4 Å². The van der Waals surface area contributed by atoms with Crippen LogP contribution in [0.5, 0.6) is 5.75 Å². The number of hydrogen-bond donors (Lipinski definition) is 2. The van der Waals surface area contributed by atoms with E-state index in [1.807, 2.05) is 54.2 Å². The molecular formula is C52H58ClF6N9O7. The first-order valence-corrected chi connectivity index (χ1v) is 25.0. The van der Waals surface area contributed by atoms with Gasteiger partial charge in [-0.1, -0.05) is 30.3 Å². The van der Waals surface area contributed by atoms with Gasteiger partial charge in [0.1, 0.15) is 12.4 Å². The van der Waals surface area contributed by atoms with Gasteiger partial charge in [0.2, 0.25) is 0 Å². The van der Waals surface area contributed by atoms with Crippen molar-refractivity contribution in [2.45, 2.75) is 56.7 Å². The molecule has 9 rings (SSSR count). The number of H-pyrrole nitrogens is 1. The zero-order valence-corrected chi connectivity index (χ0v) is 42.1. The Labute approximate surface area is 434 Å². The summed E-state index contributed by atoms with van der Waals surface area (Å²) < 4.78 is 99.1. The summed E-state index contributed by atoms with van der Waals surface area (Å²) in [6.07, 6.45) is -9.32. The van der Waals surface area contributed by atoms with Crippen molar-refractivity contribution in [1.82, 2.24) is 20.0 Å². The molecule has 75 heavy (non-hydrogen) atoms. The third-order valence-corrected chi connectivity index (χ3v) is 13.9. The average molecular weight is 1070 g/mol. The van der Waals surface area contributed by atoms with E-state index in [-0.39, 0.29) is 80.4 Å². The predicted octanol–water partition coefficient (Wildman–Crippen LogP) is 8.11. The molecule has 0 bridgehead atoms. The fourth-order valence-corrected chi connectivity index (χ4v) is 9.68. The maximum atomic E-state index is 14.1. The van der Waals surface area contributed by atoms with E-state index < -0.39 is 47.4 Å². The van der Waals surface area contributed by atoms with Crippen LogP contribution in [0.2, 0.25) is 0 Å². The van der Waals surface area contributed by atoms with Crippen LogP contribution in [0.3, 0.4) is 0 Å². The molecule has 16 nitrogen and oxygen atoms in total. The van der Waals surface area contributed by atoms with Crippen LogP contribution in [-0.2, 0) is 25.7 Å². The molecule has 4 aromatic carbocycles. The van der Waals surface area contributed by atoms with Crippen molar-refractivity contribution < 1.29 is 59.7 Å². The van der Waals surface area contributed by atoms with Gasteiger partial charge in [-0.3, -0.25) is 24.3 Å². The average Bonchev–Trinajstić information content (AvgIpc) is 3.80. The van der Waals surface area contributed by atoms with Gasteiger partial charge in [-0.05, 0) is 112 Å². The highest BCUT2D eigenvalue weighted by Gasteiger charge is 2.48. The highest BCUT2D eigenvalue weighted by molar-refractivity contribution is 6.68. The molecule has 0 unspecified atom stereocenters. The molecule has 5 heterocycles. The number of carbonyl (C=O) groups is 4. The first-order chi connectivity index (χ1) is 35.8. The van der Waals surface area contributed by atoms with E-state index in [0.717, 1.165) is 36.6 Å². The van der Waals surface area contributed by atoms with Gasteiger partial charge in [-0.15, -0.1) is 0 Å². The Morgan fingerprint density at radius 2 is 1.15 bits per heavy atom. The van der Waals surface area contributed by atoms with E-state index in [2.05, 4.69) is 25.3 Å². The molecule has 4 fully saturated rings. The standard InChI is InChI=1S/C33H35F3N6O4.C19H23ClF3N3O3/c1-40-13-15-41(16-14-40)24-7-9-26(29(19-24)42(32(44)33(34,35)36)23-11-17-45-18-12-23)31(43)37-30-27-20-25(8-10-28(27)38-39-30)46-21-22-5-3-2-4-6-22;1-24-6-8-25(9-7-24)14-2-3-15(17(20)27)16(12-14)26(18(28)19(21,22)23)13-4-10-29-11-5-13/h2-10,19-20,23H,11-18,21H2,1H3,(H2,37,38,39,43);2-3,12-13H,4-11H2,1H3. The fraction of sp³-hybridized carbons (Fsp3) is 0.442. The van der Waals surface area contributed by atoms with Crippen LogP contribution >= 0.6 is 11.6 Å². The van der Waals surface area contributed by atoms with Crippen LogP contribution in [-0.4, -0.2) is 160 Å². The van der Waals surface area contributed by atoms with Crippen LogP contribution in [0.1, 0.15) is 52.0 Å². The van der Waals surface area contributed by atoms with Crippen molar-refractivity contribution in [3.05, 3.63) is 102 Å². The summed E-state index contributed by atoms with van der Waals surface area (Å²) >= 11 is 5.66. The van der Waals surface area contributed by atoms with E-state index in [1.165, 1.54) is 24.3 Å². The van der Waals surface area contributed by atoms with Gasteiger partial charge < -0.3 is 48.9 Å². The van der Waals surface area contributed by atoms with Crippen molar-refractivity contribution >= 4 is 74.0 Å². The minimum Gasteiger partial charge on any atom is -0.489 e. The minimum atomic E-state index is -5.15. The summed E-state index contributed by atoms with van der Waals surface area (Å²) in [6.45, 7) is 7.07. The monoisotopic (exact) mass is 1070 g/mol. The fourth-order valence-electron chi connectivity index (χ4n) is 9.52. The van der Waals surface area contributed by atoms with E-state index in [1.54, 1.807) is 30.3 Å². The number of aromatic amines is 1. The molecule has 5 aromatic rings. The van der Waals surface area contributed by atoms with E-state index >= 15 is 0 Å². The van der Waals surface area contributed by atoms with Crippen molar-refractivity contribution in [1.29, 1.82) is 0 Å². The molecule has 0 radical (unpaired) electrons. The summed E-state index contributed by atoms with van der Waals surface area (Å²) in [4.78, 5) is 61.1. The molecule has 402 valence electrons. The number of nitrogens with one attached hydrogen (secondary N) is 2. The van der Waals surface area contributed by atoms with Crippen molar-refractivity contribution in [2.24, 2.45) is 0 Å². The normalized spacial score (nSPS) is 17.5. The molecule has 0 spiro atoms. The van der Waals surface area contributed by atoms with Crippen LogP contribution in [0.4, 0.5) is 54.9 Å². The smallest absolute Gasteiger partial charge is 0.471 e. The molecule has 0 aliphatic carbocycles. The van der Waals surface area contributed by atoms with E-state index in [0.29, 0.717) is 65.7 Å². The Kier molecular flexibility index (Phi) is 17.6. The Balaban J connectivity index is 0.000000222. The number of likely N-dealkylation sites (N-methyl/N-ethyl adjacent to an activating group) is 2. The highest BCUT2D eigenvalue weighted by Crippen LogP contribution is 2.38. The molecule has 4 saturated heterocycles. The number of ether oxygens (including phenoxy) is 3. The summed E-state index contributed by atoms with van der Waals surface area (Å²) in [6, 6.07) is 22.6. The van der Waals surface area contributed by atoms with Crippen LogP contribution in [0, 0.1) is 0 Å². The summed E-state index contributed by atoms with van der Waals surface area (Å²) in [5.74, 6) is -3.99. The van der Waals surface area contributed by atoms with Crippen LogP contribution in [0.25, 0.3) is 10.9 Å². The number of nitrogens with zero attached hydrogens (tertiary/aromatic N) is 7. The summed E-state index contributed by atoms with van der Waals surface area (Å²) in [5, 5.41) is 9.54. The highest BCUT2D eigenvalue weighted by atomic mass is 35.5. The lowest BCUT2D eigenvalue weighted by Gasteiger charge is -2.37. The Morgan fingerprint density at radius 3 is 1.63 bits per heavy atom. The molecule has 1 aromatic heterocycles. The molecule has 0 saturated carbocycles. The van der Waals surface area contributed by atoms with E-state index in [9.17, 15) is 45.5 Å². The number of aromatic nitrogens is 2. The van der Waals surface area contributed by atoms with Crippen LogP contribution < -0.4 is 29.7 Å². The second-order valence-corrected chi connectivity index (χ2v) is 19.1. The lowest BCUT2D eigenvalue weighted by molar-refractivity contribution is -0.171. The number of hydrogen-bond acceptors (Lipinski definition) is 12. The number of fused-ring (bicyclic) bond motifs is 1. The van der Waals surface area contributed by atoms with Gasteiger partial charge in [0.25, 0.3) is 11.1 Å². The molecule has 23 heteroatoms. The van der Waals surface area contributed by atoms with Gasteiger partial charge in [-0.25, -0.2) is 0 Å². The van der Waals surface area contributed by atoms with Gasteiger partial charge in [0.15, 0.2) is 5.82 Å². The van der Waals surface area contributed by atoms with Crippen LogP contribution in [0.15, 0.2) is 84.9 Å². The molecular weight excluding hydrogens is 1010 g/mol. The Morgan fingerprint density at radius 1 is 0.667 bits per heavy atom. The number of anilines is 5. The minimum absolute atomic E-state index is 0.0744. The number of amides is 3. The van der Waals surface area contributed by atoms with E-state index in [4.69, 9.17) is 25.8 Å². The van der Waals surface area contributed by atoms with Gasteiger partial charge >= 0.3 is 24.2 Å². The third kappa shape index (κ3) is 13.5. The molecule has 4 aliphatic rings. The zero-order valence-electron chi connectivity index (χ0n) is 41.4. The van der Waals surface area contributed by atoms with Crippen molar-refractivity contribution in [3.63, 3.8) is 0 Å². The molecule has 2 N–H and O–H groups in total. The number of rotatable bonds is 12. The second-order valence-electron chi connectivity index (χ2n) is 18.8. The van der Waals surface area contributed by atoms with Gasteiger partial charge in [0.05, 0.1) is 28.0 Å². The number of halogens is 7. The Bertz CT molecular complexity index is 2790. The predicted molar refractivity (Wildman–Crippen MR) is 272 cm³/mol. The number of piperazine rings is 2. The maximum absolute atomic E-state index is 14.1. The summed E-state index contributed by atoms with van der Waals surface area (Å²) in [7, 11) is 4.00. The van der Waals surface area contributed by atoms with Crippen molar-refractivity contribution in [3.8, 4) is 5.75 Å². The largest absolute Gasteiger partial charge is 0.489 e. The lowest BCUT2D eigenvalue weighted by atomic mass is 10.0. The zero-order chi connectivity index (χ0) is 53.4. The SMILES string of the molecule is CN1CCN(c2ccc(C(=O)Cl)c(N(C(=O)C(F)(F)F)C3CCOCC3)c2)CC1.CN1CCN(c2ccc(C(=O)Nc3n[nH]c4ccc(OCc5ccccc5)cc34)c(N(C(=O)C(F)(F)F)C3CCOCC3)c2)CC1. The number of benzene rings is 4. The second kappa shape index (κ2) is 24.0. The number of carbonyl (C=O) groups excluding carboxylic acids is 4. The first-order valence-electron chi connectivity index (χ1n) is 24.6. The Hall–Kier alpha value is -6.46. The maximum Gasteiger partial charge on any atom is 0.471 e. The quantitative estimate of drug-likeness (QED) is 0.0916. The third-order valence-electron chi connectivity index (χ3n) is 13.7. The first kappa shape index (κ1) is 54.8. The number of alkyl halides is 6. The lowest BCUT2D eigenvalue weighted by Crippen LogP contribution is -2.50. The molecule has 4 aliphatic heterocycles. The molecule has 3 amide bonds. The van der Waals surface area contributed by atoms with Crippen molar-refractivity contribution in [2.75, 3.05) is 118 Å².